The summed E-state index contributed by atoms with van der Waals surface area (Å²) in [4.78, 5) is 109. The summed E-state index contributed by atoms with van der Waals surface area (Å²) in [6.07, 6.45) is 14.3. The van der Waals surface area contributed by atoms with E-state index >= 15 is 0 Å². The van der Waals surface area contributed by atoms with Gasteiger partial charge in [-0.2, -0.15) is 0 Å². The van der Waals surface area contributed by atoms with Gasteiger partial charge in [-0.15, -0.1) is 0 Å². The van der Waals surface area contributed by atoms with Crippen molar-refractivity contribution >= 4 is 47.3 Å². The minimum absolute atomic E-state index is 0.0350. The number of H-pyrrole nitrogens is 1. The molecule has 0 radical (unpaired) electrons. The number of carboxylic acids is 1. The fourth-order valence-corrected chi connectivity index (χ4v) is 8.09. The molecule has 1 aromatic heterocycles. The van der Waals surface area contributed by atoms with Crippen molar-refractivity contribution in [1.29, 1.82) is 0 Å². The van der Waals surface area contributed by atoms with Crippen molar-refractivity contribution in [3.05, 3.63) is 18.2 Å². The lowest BCUT2D eigenvalue weighted by Gasteiger charge is -2.30. The molecule has 424 valence electrons. The summed E-state index contributed by atoms with van der Waals surface area (Å²) < 4.78 is 0. The number of hydrogen-bond donors (Lipinski definition) is 15. The van der Waals surface area contributed by atoms with Crippen LogP contribution in [-0.2, 0) is 44.8 Å². The first-order valence-electron chi connectivity index (χ1n) is 26.7. The molecule has 0 aliphatic heterocycles. The maximum Gasteiger partial charge on any atom is 0.303 e. The third-order valence-electron chi connectivity index (χ3n) is 12.5. The zero-order valence-corrected chi connectivity index (χ0v) is 44.3. The van der Waals surface area contributed by atoms with Gasteiger partial charge >= 0.3 is 5.97 Å². The standard InChI is InChI=1S/C50H91N11O13/c1-5-7-9-10-11-12-13-14-15-16-17-18-19-22-41(65)56-36(25-27-43(67)68)46(70)54-28-20-23-42(66)61-44(33(3)63)50(74)58-37(24-26-40(51)64)47(71)59-38(29-34-30-53-32-55-34)48(72)60-39(31-62)49(73)57-35(21-8-6-2)45(69)52-4/h30,32-33,35-39,41,44,48,56,60,62-63,65,72H,5-29,31H2,1-4H3,(H2,51,64)(H,52,69)(H,53,55)(H,54,70)(H,57,73)(H,58,74)(H,59,71)(H,61,66)(H,67,68)/t33?,35-,36-,37-,38-,39-,41-,44-,48-/m0/s1. The molecule has 0 aromatic carbocycles. The molecule has 0 saturated heterocycles. The van der Waals surface area contributed by atoms with Crippen LogP contribution in [0.1, 0.15) is 174 Å². The molecular weight excluding hydrogens is 963 g/mol. The number of unbranched alkanes of at least 4 members (excludes halogenated alkanes) is 13. The first-order chi connectivity index (χ1) is 35.4. The lowest BCUT2D eigenvalue weighted by Crippen LogP contribution is -2.62. The van der Waals surface area contributed by atoms with E-state index < -0.39 is 115 Å². The number of imidazole rings is 1. The number of carbonyl (C=O) groups excluding carboxylic acids is 7. The molecule has 0 fully saturated rings. The maximum absolute atomic E-state index is 13.9. The molecule has 1 rings (SSSR count). The van der Waals surface area contributed by atoms with Crippen LogP contribution >= 0.6 is 0 Å². The molecule has 24 heteroatoms. The van der Waals surface area contributed by atoms with Gasteiger partial charge < -0.3 is 68.2 Å². The van der Waals surface area contributed by atoms with Gasteiger partial charge in [0.05, 0.1) is 36.8 Å². The van der Waals surface area contributed by atoms with Crippen LogP contribution in [0.15, 0.2) is 12.5 Å². The van der Waals surface area contributed by atoms with E-state index in [0.29, 0.717) is 25.0 Å². The molecule has 1 aromatic rings. The number of nitrogens with zero attached hydrogens (tertiary/aromatic N) is 1. The van der Waals surface area contributed by atoms with E-state index in [1.54, 1.807) is 0 Å². The quantitative estimate of drug-likeness (QED) is 0.0308. The van der Waals surface area contributed by atoms with Gasteiger partial charge in [0, 0.05) is 45.5 Å². The number of carbonyl (C=O) groups is 8. The fourth-order valence-electron chi connectivity index (χ4n) is 8.09. The molecule has 24 nitrogen and oxygen atoms in total. The number of amides is 7. The van der Waals surface area contributed by atoms with Crippen molar-refractivity contribution in [3.63, 3.8) is 0 Å². The van der Waals surface area contributed by atoms with Gasteiger partial charge in [-0.25, -0.2) is 4.98 Å². The second-order valence-corrected chi connectivity index (χ2v) is 19.0. The second-order valence-electron chi connectivity index (χ2n) is 19.0. The van der Waals surface area contributed by atoms with Crippen LogP contribution < -0.4 is 48.3 Å². The van der Waals surface area contributed by atoms with E-state index in [1.807, 2.05) is 6.92 Å². The highest BCUT2D eigenvalue weighted by Crippen LogP contribution is 2.14. The van der Waals surface area contributed by atoms with E-state index in [2.05, 4.69) is 59.4 Å². The first-order valence-corrected chi connectivity index (χ1v) is 26.7. The Balaban J connectivity index is 2.88. The van der Waals surface area contributed by atoms with Crippen LogP contribution in [0.25, 0.3) is 0 Å². The van der Waals surface area contributed by atoms with Crippen molar-refractivity contribution in [2.24, 2.45) is 5.73 Å². The highest BCUT2D eigenvalue weighted by atomic mass is 16.4. The largest absolute Gasteiger partial charge is 0.481 e. The lowest BCUT2D eigenvalue weighted by atomic mass is 10.0. The van der Waals surface area contributed by atoms with Crippen molar-refractivity contribution in [2.45, 2.75) is 230 Å². The fraction of sp³-hybridized carbons (Fsp3) is 0.780. The summed E-state index contributed by atoms with van der Waals surface area (Å²) in [6.45, 7) is 4.49. The number of primary amides is 1. The maximum atomic E-state index is 13.9. The number of rotatable bonds is 45. The van der Waals surface area contributed by atoms with Crippen molar-refractivity contribution in [3.8, 4) is 0 Å². The molecule has 1 unspecified atom stereocenters. The minimum atomic E-state index is -1.76. The Morgan fingerprint density at radius 1 is 0.622 bits per heavy atom. The van der Waals surface area contributed by atoms with Crippen LogP contribution in [-0.4, -0.2) is 158 Å². The van der Waals surface area contributed by atoms with E-state index in [0.717, 1.165) is 32.1 Å². The predicted molar refractivity (Wildman–Crippen MR) is 276 cm³/mol. The number of likely N-dealkylation sites (N-methyl/N-ethyl adjacent to an activating group) is 1. The van der Waals surface area contributed by atoms with Crippen LogP contribution in [0.5, 0.6) is 0 Å². The molecule has 1 heterocycles. The Hall–Kier alpha value is -5.27. The van der Waals surface area contributed by atoms with Crippen molar-refractivity contribution in [1.82, 2.24) is 52.5 Å². The Morgan fingerprint density at radius 3 is 1.73 bits per heavy atom. The normalized spacial score (nSPS) is 15.0. The topological polar surface area (TPSA) is 389 Å². The van der Waals surface area contributed by atoms with E-state index in [-0.39, 0.29) is 45.1 Å². The number of carboxylic acid groups (broad SMARTS) is 1. The van der Waals surface area contributed by atoms with Gasteiger partial charge in [0.1, 0.15) is 36.6 Å². The second kappa shape index (κ2) is 40.1. The third-order valence-corrected chi connectivity index (χ3v) is 12.5. The summed E-state index contributed by atoms with van der Waals surface area (Å²) in [7, 11) is 1.41. The van der Waals surface area contributed by atoms with E-state index in [4.69, 9.17) is 5.73 Å². The van der Waals surface area contributed by atoms with Gasteiger partial charge in [-0.3, -0.25) is 49.0 Å². The van der Waals surface area contributed by atoms with Gasteiger partial charge in [0.2, 0.25) is 41.4 Å². The number of hydrogen-bond acceptors (Lipinski definition) is 15. The molecule has 0 spiro atoms. The average molecular weight is 1050 g/mol. The summed E-state index contributed by atoms with van der Waals surface area (Å²) in [5.41, 5.74) is 5.72. The van der Waals surface area contributed by atoms with Crippen molar-refractivity contribution < 1.29 is 63.9 Å². The number of aromatic amines is 1. The summed E-state index contributed by atoms with van der Waals surface area (Å²) in [5, 5.41) is 72.5. The zero-order chi connectivity index (χ0) is 55.3. The third kappa shape index (κ3) is 30.2. The number of aliphatic hydroxyl groups excluding tert-OH is 4. The highest BCUT2D eigenvalue weighted by molar-refractivity contribution is 5.93. The number of aliphatic carboxylic acids is 1. The predicted octanol–water partition coefficient (Wildman–Crippen LogP) is 0.262. The minimum Gasteiger partial charge on any atom is -0.481 e. The average Bonchev–Trinajstić information content (AvgIpc) is 3.88. The number of aromatic nitrogens is 2. The van der Waals surface area contributed by atoms with Gasteiger partial charge in [-0.1, -0.05) is 104 Å². The zero-order valence-electron chi connectivity index (χ0n) is 44.3. The highest BCUT2D eigenvalue weighted by Gasteiger charge is 2.34. The smallest absolute Gasteiger partial charge is 0.303 e. The molecule has 74 heavy (non-hydrogen) atoms. The van der Waals surface area contributed by atoms with E-state index in [1.165, 1.54) is 84.3 Å². The summed E-state index contributed by atoms with van der Waals surface area (Å²) in [5.74, 6) is -6.47. The van der Waals surface area contributed by atoms with E-state index in [9.17, 15) is 63.9 Å². The Labute approximate surface area is 436 Å². The Morgan fingerprint density at radius 2 is 1.19 bits per heavy atom. The lowest BCUT2D eigenvalue weighted by molar-refractivity contribution is -0.137. The molecule has 9 atom stereocenters. The summed E-state index contributed by atoms with van der Waals surface area (Å²) >= 11 is 0. The molecular formula is C50H91N11O13. The molecule has 7 amide bonds. The van der Waals surface area contributed by atoms with Crippen LogP contribution in [0.4, 0.5) is 0 Å². The number of nitrogens with one attached hydrogen (secondary N) is 9. The van der Waals surface area contributed by atoms with Crippen LogP contribution in [0.2, 0.25) is 0 Å². The SMILES string of the molecule is CCCCCCCCCCCCCCC[C@H](O)N[C@@H](CCC(=O)O)C(=O)NCCCC(=O)N[C@H](C(=O)N[C@@H](CCC(N)=O)C(=O)N[C@@H](Cc1c[nH]cn1)[C@H](O)N[C@@H](CO)C(=O)N[C@@H](CCCC)C(=O)NC)C(C)O. The molecule has 0 aliphatic carbocycles. The van der Waals surface area contributed by atoms with Gasteiger partial charge in [0.25, 0.3) is 0 Å². The molecule has 0 saturated carbocycles. The summed E-state index contributed by atoms with van der Waals surface area (Å²) in [6, 6.07) is -7.86. The Kier molecular flexibility index (Phi) is 36.2. The first kappa shape index (κ1) is 66.7. The number of aliphatic hydroxyl groups is 4. The van der Waals surface area contributed by atoms with Gasteiger partial charge in [-0.05, 0) is 45.4 Å². The number of nitrogens with two attached hydrogens (primary N) is 1. The van der Waals surface area contributed by atoms with Crippen LogP contribution in [0.3, 0.4) is 0 Å². The monoisotopic (exact) mass is 1050 g/mol. The molecule has 0 bridgehead atoms. The van der Waals surface area contributed by atoms with Crippen LogP contribution in [0, 0.1) is 0 Å². The van der Waals surface area contributed by atoms with Crippen molar-refractivity contribution in [2.75, 3.05) is 20.2 Å². The Bertz CT molecular complexity index is 1770. The molecule has 16 N–H and O–H groups in total. The van der Waals surface area contributed by atoms with Gasteiger partial charge in [0.15, 0.2) is 0 Å². The molecule has 0 aliphatic rings.